The molecule has 0 bridgehead atoms. The molecule has 3 nitrogen and oxygen atoms in total. The van der Waals surface area contributed by atoms with E-state index in [9.17, 15) is 4.79 Å². The maximum absolute atomic E-state index is 12.2. The number of para-hydroxylation sites is 1. The van der Waals surface area contributed by atoms with Gasteiger partial charge in [0.15, 0.2) is 0 Å². The highest BCUT2D eigenvalue weighted by Gasteiger charge is 2.30. The SMILES string of the molecule is C=CCSc1ccccc1NC(=O)C1CCCC1N. The van der Waals surface area contributed by atoms with Crippen molar-refractivity contribution in [2.75, 3.05) is 11.1 Å². The minimum Gasteiger partial charge on any atom is -0.327 e. The van der Waals surface area contributed by atoms with E-state index >= 15 is 0 Å². The van der Waals surface area contributed by atoms with Crippen LogP contribution in [0.3, 0.4) is 0 Å². The zero-order chi connectivity index (χ0) is 13.7. The third kappa shape index (κ3) is 3.61. The van der Waals surface area contributed by atoms with Gasteiger partial charge in [-0.3, -0.25) is 4.79 Å². The van der Waals surface area contributed by atoms with Gasteiger partial charge in [-0.1, -0.05) is 24.6 Å². The van der Waals surface area contributed by atoms with Crippen molar-refractivity contribution in [3.05, 3.63) is 36.9 Å². The molecule has 1 fully saturated rings. The van der Waals surface area contributed by atoms with Crippen molar-refractivity contribution in [2.24, 2.45) is 11.7 Å². The van der Waals surface area contributed by atoms with Gasteiger partial charge in [-0.25, -0.2) is 0 Å². The first-order chi connectivity index (χ1) is 9.22. The standard InChI is InChI=1S/C15H20N2OS/c1-2-10-19-14-9-4-3-8-13(14)17-15(18)11-6-5-7-12(11)16/h2-4,8-9,11-12H,1,5-7,10,16H2,(H,17,18). The van der Waals surface area contributed by atoms with Crippen molar-refractivity contribution in [3.63, 3.8) is 0 Å². The Morgan fingerprint density at radius 2 is 2.26 bits per heavy atom. The molecule has 102 valence electrons. The quantitative estimate of drug-likeness (QED) is 0.642. The van der Waals surface area contributed by atoms with Crippen LogP contribution in [0.15, 0.2) is 41.8 Å². The van der Waals surface area contributed by atoms with Crippen molar-refractivity contribution >= 4 is 23.4 Å². The van der Waals surface area contributed by atoms with Crippen molar-refractivity contribution in [3.8, 4) is 0 Å². The zero-order valence-corrected chi connectivity index (χ0v) is 11.8. The summed E-state index contributed by atoms with van der Waals surface area (Å²) in [4.78, 5) is 13.3. The van der Waals surface area contributed by atoms with E-state index in [-0.39, 0.29) is 17.9 Å². The monoisotopic (exact) mass is 276 g/mol. The molecule has 0 spiro atoms. The van der Waals surface area contributed by atoms with Gasteiger partial charge in [0.2, 0.25) is 5.91 Å². The maximum atomic E-state index is 12.2. The number of anilines is 1. The van der Waals surface area contributed by atoms with E-state index in [2.05, 4.69) is 11.9 Å². The van der Waals surface area contributed by atoms with Gasteiger partial charge in [-0.15, -0.1) is 18.3 Å². The molecule has 2 unspecified atom stereocenters. The Morgan fingerprint density at radius 1 is 1.47 bits per heavy atom. The predicted octanol–water partition coefficient (Wildman–Crippen LogP) is 3.03. The van der Waals surface area contributed by atoms with E-state index < -0.39 is 0 Å². The van der Waals surface area contributed by atoms with Crippen LogP contribution in [0.4, 0.5) is 5.69 Å². The van der Waals surface area contributed by atoms with Gasteiger partial charge in [0.1, 0.15) is 0 Å². The third-order valence-electron chi connectivity index (χ3n) is 3.41. The molecular formula is C15H20N2OS. The minimum atomic E-state index is -0.0440. The molecule has 4 heteroatoms. The largest absolute Gasteiger partial charge is 0.327 e. The second-order valence-corrected chi connectivity index (χ2v) is 5.85. The highest BCUT2D eigenvalue weighted by Crippen LogP contribution is 2.29. The molecule has 2 atom stereocenters. The lowest BCUT2D eigenvalue weighted by Gasteiger charge is -2.16. The summed E-state index contributed by atoms with van der Waals surface area (Å²) < 4.78 is 0. The van der Waals surface area contributed by atoms with Gasteiger partial charge < -0.3 is 11.1 Å². The zero-order valence-electron chi connectivity index (χ0n) is 11.0. The predicted molar refractivity (Wildman–Crippen MR) is 81.3 cm³/mol. The van der Waals surface area contributed by atoms with Gasteiger partial charge in [-0.05, 0) is 25.0 Å². The summed E-state index contributed by atoms with van der Waals surface area (Å²) in [6.07, 6.45) is 4.75. The van der Waals surface area contributed by atoms with Crippen LogP contribution in [-0.4, -0.2) is 17.7 Å². The first kappa shape index (κ1) is 14.2. The molecule has 2 rings (SSSR count). The molecule has 19 heavy (non-hydrogen) atoms. The summed E-state index contributed by atoms with van der Waals surface area (Å²) in [5.74, 6) is 0.838. The molecule has 1 saturated carbocycles. The number of amides is 1. The second kappa shape index (κ2) is 6.78. The Bertz CT molecular complexity index is 461. The van der Waals surface area contributed by atoms with Crippen molar-refractivity contribution in [1.29, 1.82) is 0 Å². The van der Waals surface area contributed by atoms with E-state index in [1.54, 1.807) is 11.8 Å². The van der Waals surface area contributed by atoms with Crippen LogP contribution in [0.2, 0.25) is 0 Å². The fraction of sp³-hybridized carbons (Fsp3) is 0.400. The van der Waals surface area contributed by atoms with Crippen LogP contribution in [0.5, 0.6) is 0 Å². The van der Waals surface area contributed by atoms with Crippen LogP contribution in [0.25, 0.3) is 0 Å². The Labute approximate surface area is 118 Å². The summed E-state index contributed by atoms with van der Waals surface area (Å²) in [6, 6.07) is 7.86. The molecule has 1 aromatic rings. The molecule has 1 amide bonds. The fourth-order valence-corrected chi connectivity index (χ4v) is 3.13. The van der Waals surface area contributed by atoms with Crippen molar-refractivity contribution in [1.82, 2.24) is 0 Å². The Hall–Kier alpha value is -1.26. The van der Waals surface area contributed by atoms with E-state index in [1.807, 2.05) is 30.3 Å². The smallest absolute Gasteiger partial charge is 0.229 e. The number of carbonyl (C=O) groups excluding carboxylic acids is 1. The molecule has 1 aliphatic carbocycles. The molecule has 1 aliphatic rings. The van der Waals surface area contributed by atoms with Crippen LogP contribution in [0, 0.1) is 5.92 Å². The number of hydrogen-bond donors (Lipinski definition) is 2. The second-order valence-electron chi connectivity index (χ2n) is 4.79. The van der Waals surface area contributed by atoms with Gasteiger partial charge in [-0.2, -0.15) is 0 Å². The topological polar surface area (TPSA) is 55.1 Å². The lowest BCUT2D eigenvalue weighted by Crippen LogP contribution is -2.34. The average molecular weight is 276 g/mol. The fourth-order valence-electron chi connectivity index (χ4n) is 2.38. The molecule has 3 N–H and O–H groups in total. The maximum Gasteiger partial charge on any atom is 0.229 e. The lowest BCUT2D eigenvalue weighted by atomic mass is 10.0. The molecule has 0 radical (unpaired) electrons. The molecule has 1 aromatic carbocycles. The number of carbonyl (C=O) groups is 1. The van der Waals surface area contributed by atoms with Crippen LogP contribution < -0.4 is 11.1 Å². The first-order valence-corrected chi connectivity index (χ1v) is 7.60. The van der Waals surface area contributed by atoms with Gasteiger partial charge in [0.05, 0.1) is 11.6 Å². The van der Waals surface area contributed by atoms with E-state index in [1.165, 1.54) is 0 Å². The highest BCUT2D eigenvalue weighted by molar-refractivity contribution is 7.99. The molecule has 0 saturated heterocycles. The molecule has 0 aromatic heterocycles. The van der Waals surface area contributed by atoms with E-state index in [0.29, 0.717) is 0 Å². The number of thioether (sulfide) groups is 1. The number of benzene rings is 1. The molecule has 0 heterocycles. The summed E-state index contributed by atoms with van der Waals surface area (Å²) >= 11 is 1.67. The minimum absolute atomic E-state index is 0.00740. The first-order valence-electron chi connectivity index (χ1n) is 6.61. The van der Waals surface area contributed by atoms with E-state index in [4.69, 9.17) is 5.73 Å². The van der Waals surface area contributed by atoms with Crippen molar-refractivity contribution in [2.45, 2.75) is 30.2 Å². The number of nitrogens with two attached hydrogens (primary N) is 1. The summed E-state index contributed by atoms with van der Waals surface area (Å²) in [5, 5.41) is 3.02. The van der Waals surface area contributed by atoms with Gasteiger partial charge >= 0.3 is 0 Å². The Balaban J connectivity index is 2.05. The lowest BCUT2D eigenvalue weighted by molar-refractivity contribution is -0.120. The summed E-state index contributed by atoms with van der Waals surface area (Å²) in [7, 11) is 0. The number of hydrogen-bond acceptors (Lipinski definition) is 3. The highest BCUT2D eigenvalue weighted by atomic mass is 32.2. The Kier molecular flexibility index (Phi) is 5.05. The molecule has 0 aliphatic heterocycles. The molecular weight excluding hydrogens is 256 g/mol. The third-order valence-corrected chi connectivity index (χ3v) is 4.48. The summed E-state index contributed by atoms with van der Waals surface area (Å²) in [5.41, 5.74) is 6.85. The Morgan fingerprint density at radius 3 is 2.95 bits per heavy atom. The van der Waals surface area contributed by atoms with Gasteiger partial charge in [0, 0.05) is 16.7 Å². The van der Waals surface area contributed by atoms with Crippen molar-refractivity contribution < 1.29 is 4.79 Å². The van der Waals surface area contributed by atoms with Crippen LogP contribution in [0.1, 0.15) is 19.3 Å². The average Bonchev–Trinajstić information content (AvgIpc) is 2.84. The normalized spacial score (nSPS) is 22.2. The van der Waals surface area contributed by atoms with E-state index in [0.717, 1.165) is 35.6 Å². The number of rotatable bonds is 5. The summed E-state index contributed by atoms with van der Waals surface area (Å²) in [6.45, 7) is 3.71. The van der Waals surface area contributed by atoms with Crippen LogP contribution in [-0.2, 0) is 4.79 Å². The number of nitrogens with one attached hydrogen (secondary N) is 1. The van der Waals surface area contributed by atoms with Gasteiger partial charge in [0.25, 0.3) is 0 Å². The van der Waals surface area contributed by atoms with Crippen LogP contribution >= 0.6 is 11.8 Å².